The van der Waals surface area contributed by atoms with Crippen LogP contribution in [0.3, 0.4) is 0 Å². The van der Waals surface area contributed by atoms with Crippen LogP contribution in [0.2, 0.25) is 5.02 Å². The average molecular weight is 257 g/mol. The van der Waals surface area contributed by atoms with Crippen molar-refractivity contribution < 1.29 is 4.39 Å². The number of nitrogens with two attached hydrogens (primary N) is 1. The van der Waals surface area contributed by atoms with Crippen LogP contribution >= 0.6 is 11.6 Å². The molecule has 1 aromatic carbocycles. The van der Waals surface area contributed by atoms with E-state index in [1.54, 1.807) is 12.1 Å². The lowest BCUT2D eigenvalue weighted by Crippen LogP contribution is -2.30. The summed E-state index contributed by atoms with van der Waals surface area (Å²) in [6.45, 7) is 3.50. The molecule has 1 saturated carbocycles. The van der Waals surface area contributed by atoms with Crippen molar-refractivity contribution in [1.29, 1.82) is 0 Å². The van der Waals surface area contributed by atoms with Gasteiger partial charge in [-0.05, 0) is 43.0 Å². The summed E-state index contributed by atoms with van der Waals surface area (Å²) >= 11 is 5.88. The molecule has 1 aliphatic carbocycles. The third kappa shape index (κ3) is 3.18. The van der Waals surface area contributed by atoms with E-state index in [4.69, 9.17) is 17.3 Å². The molecular formula is C13H18ClFN2. The molecule has 1 aliphatic rings. The van der Waals surface area contributed by atoms with Gasteiger partial charge in [0.15, 0.2) is 0 Å². The van der Waals surface area contributed by atoms with Crippen LogP contribution < -0.4 is 11.1 Å². The predicted octanol–water partition coefficient (Wildman–Crippen LogP) is 2.72. The van der Waals surface area contributed by atoms with Crippen molar-refractivity contribution in [2.75, 3.05) is 13.1 Å². The molecule has 3 atom stereocenters. The van der Waals surface area contributed by atoms with Gasteiger partial charge < -0.3 is 11.1 Å². The van der Waals surface area contributed by atoms with Crippen molar-refractivity contribution in [2.45, 2.75) is 19.4 Å². The molecule has 0 aromatic heterocycles. The Bertz CT molecular complexity index is 397. The third-order valence-corrected chi connectivity index (χ3v) is 3.71. The monoisotopic (exact) mass is 256 g/mol. The van der Waals surface area contributed by atoms with Crippen LogP contribution in [-0.4, -0.2) is 13.1 Å². The number of rotatable bonds is 5. The Balaban J connectivity index is 2.03. The van der Waals surface area contributed by atoms with E-state index in [1.165, 1.54) is 12.5 Å². The van der Waals surface area contributed by atoms with Crippen molar-refractivity contribution in [1.82, 2.24) is 5.32 Å². The van der Waals surface area contributed by atoms with Gasteiger partial charge in [-0.1, -0.05) is 18.5 Å². The van der Waals surface area contributed by atoms with Gasteiger partial charge in [-0.15, -0.1) is 0 Å². The minimum atomic E-state index is -0.249. The molecule has 0 saturated heterocycles. The lowest BCUT2D eigenvalue weighted by Gasteiger charge is -2.18. The standard InChI is InChI=1S/C13H18ClFN2/c1-8-4-9(8)7-17-13(6-16)11-5-10(14)2-3-12(11)15/h2-3,5,8-9,13,17H,4,6-7,16H2,1H3. The van der Waals surface area contributed by atoms with Gasteiger partial charge in [0.05, 0.1) is 0 Å². The molecule has 0 spiro atoms. The van der Waals surface area contributed by atoms with E-state index >= 15 is 0 Å². The highest BCUT2D eigenvalue weighted by Gasteiger charge is 2.32. The topological polar surface area (TPSA) is 38.0 Å². The Morgan fingerprint density at radius 2 is 2.29 bits per heavy atom. The minimum Gasteiger partial charge on any atom is -0.329 e. The van der Waals surface area contributed by atoms with E-state index in [2.05, 4.69) is 12.2 Å². The van der Waals surface area contributed by atoms with E-state index < -0.39 is 0 Å². The van der Waals surface area contributed by atoms with Crippen LogP contribution in [0.1, 0.15) is 24.9 Å². The Kier molecular flexibility index (Phi) is 4.02. The third-order valence-electron chi connectivity index (χ3n) is 3.47. The molecule has 0 heterocycles. The molecule has 2 nitrogen and oxygen atoms in total. The SMILES string of the molecule is CC1CC1CNC(CN)c1cc(Cl)ccc1F. The quantitative estimate of drug-likeness (QED) is 0.850. The zero-order valence-electron chi connectivity index (χ0n) is 9.92. The van der Waals surface area contributed by atoms with Crippen LogP contribution in [-0.2, 0) is 0 Å². The smallest absolute Gasteiger partial charge is 0.128 e. The van der Waals surface area contributed by atoms with Gasteiger partial charge in [-0.25, -0.2) is 4.39 Å². The summed E-state index contributed by atoms with van der Waals surface area (Å²) in [6, 6.07) is 4.44. The van der Waals surface area contributed by atoms with Crippen molar-refractivity contribution in [3.05, 3.63) is 34.6 Å². The van der Waals surface area contributed by atoms with Crippen LogP contribution in [0.5, 0.6) is 0 Å². The zero-order valence-corrected chi connectivity index (χ0v) is 10.7. The van der Waals surface area contributed by atoms with Crippen molar-refractivity contribution in [3.63, 3.8) is 0 Å². The summed E-state index contributed by atoms with van der Waals surface area (Å²) in [5.41, 5.74) is 6.26. The Labute approximate surface area is 106 Å². The highest BCUT2D eigenvalue weighted by molar-refractivity contribution is 6.30. The Morgan fingerprint density at radius 3 is 2.88 bits per heavy atom. The van der Waals surface area contributed by atoms with Gasteiger partial charge in [0, 0.05) is 23.2 Å². The van der Waals surface area contributed by atoms with Crippen molar-refractivity contribution >= 4 is 11.6 Å². The normalized spacial score (nSPS) is 24.7. The first-order chi connectivity index (χ1) is 8.11. The number of benzene rings is 1. The molecule has 0 amide bonds. The van der Waals surface area contributed by atoms with Crippen molar-refractivity contribution in [3.8, 4) is 0 Å². The summed E-state index contributed by atoms with van der Waals surface area (Å²) in [7, 11) is 0. The van der Waals surface area contributed by atoms with E-state index in [0.29, 0.717) is 23.0 Å². The van der Waals surface area contributed by atoms with Gasteiger partial charge in [0.1, 0.15) is 5.82 Å². The fraction of sp³-hybridized carbons (Fsp3) is 0.538. The molecular weight excluding hydrogens is 239 g/mol. The molecule has 1 aromatic rings. The molecule has 0 radical (unpaired) electrons. The van der Waals surface area contributed by atoms with E-state index in [1.807, 2.05) is 0 Å². The van der Waals surface area contributed by atoms with E-state index in [-0.39, 0.29) is 11.9 Å². The second kappa shape index (κ2) is 5.34. The van der Waals surface area contributed by atoms with E-state index in [0.717, 1.165) is 12.5 Å². The molecule has 0 bridgehead atoms. The maximum atomic E-state index is 13.7. The Hall–Kier alpha value is -0.640. The van der Waals surface area contributed by atoms with Crippen LogP contribution in [0, 0.1) is 17.7 Å². The van der Waals surface area contributed by atoms with Crippen LogP contribution in [0.25, 0.3) is 0 Å². The first kappa shape index (κ1) is 12.8. The number of hydrogen-bond acceptors (Lipinski definition) is 2. The fourth-order valence-electron chi connectivity index (χ4n) is 2.08. The van der Waals surface area contributed by atoms with Crippen LogP contribution in [0.15, 0.2) is 18.2 Å². The van der Waals surface area contributed by atoms with Crippen LogP contribution in [0.4, 0.5) is 4.39 Å². The summed E-state index contributed by atoms with van der Waals surface area (Å²) in [4.78, 5) is 0. The largest absolute Gasteiger partial charge is 0.329 e. The maximum Gasteiger partial charge on any atom is 0.128 e. The number of halogens is 2. The number of hydrogen-bond donors (Lipinski definition) is 2. The molecule has 0 aliphatic heterocycles. The summed E-state index contributed by atoms with van der Waals surface area (Å²) in [5, 5.41) is 3.87. The molecule has 1 fully saturated rings. The average Bonchev–Trinajstić information content (AvgIpc) is 3.00. The highest BCUT2D eigenvalue weighted by atomic mass is 35.5. The molecule has 4 heteroatoms. The first-order valence-corrected chi connectivity index (χ1v) is 6.38. The van der Waals surface area contributed by atoms with Gasteiger partial charge in [-0.3, -0.25) is 0 Å². The summed E-state index contributed by atoms with van der Waals surface area (Å²) in [6.07, 6.45) is 1.25. The summed E-state index contributed by atoms with van der Waals surface area (Å²) < 4.78 is 13.7. The lowest BCUT2D eigenvalue weighted by molar-refractivity contribution is 0.487. The van der Waals surface area contributed by atoms with Gasteiger partial charge >= 0.3 is 0 Å². The predicted molar refractivity (Wildman–Crippen MR) is 68.5 cm³/mol. The minimum absolute atomic E-state index is 0.151. The molecule has 17 heavy (non-hydrogen) atoms. The number of nitrogens with one attached hydrogen (secondary N) is 1. The molecule has 2 rings (SSSR count). The Morgan fingerprint density at radius 1 is 1.59 bits per heavy atom. The second-order valence-electron chi connectivity index (χ2n) is 4.84. The zero-order chi connectivity index (χ0) is 12.4. The molecule has 3 unspecified atom stereocenters. The lowest BCUT2D eigenvalue weighted by atomic mass is 10.1. The second-order valence-corrected chi connectivity index (χ2v) is 5.27. The maximum absolute atomic E-state index is 13.7. The van der Waals surface area contributed by atoms with Gasteiger partial charge in [0.25, 0.3) is 0 Å². The molecule has 3 N–H and O–H groups in total. The fourth-order valence-corrected chi connectivity index (χ4v) is 2.26. The van der Waals surface area contributed by atoms with Gasteiger partial charge in [-0.2, -0.15) is 0 Å². The van der Waals surface area contributed by atoms with Gasteiger partial charge in [0.2, 0.25) is 0 Å². The van der Waals surface area contributed by atoms with Crippen molar-refractivity contribution in [2.24, 2.45) is 17.6 Å². The summed E-state index contributed by atoms with van der Waals surface area (Å²) in [5.74, 6) is 1.25. The first-order valence-electron chi connectivity index (χ1n) is 6.00. The molecule has 94 valence electrons. The highest BCUT2D eigenvalue weighted by Crippen LogP contribution is 2.37. The van der Waals surface area contributed by atoms with E-state index in [9.17, 15) is 4.39 Å².